The molecule has 0 amide bonds. The number of benzene rings is 1. The fourth-order valence-electron chi connectivity index (χ4n) is 3.46. The second kappa shape index (κ2) is 10.4. The van der Waals surface area contributed by atoms with E-state index in [1.54, 1.807) is 25.4 Å². The van der Waals surface area contributed by atoms with Gasteiger partial charge in [0.25, 0.3) is 12.0 Å². The summed E-state index contributed by atoms with van der Waals surface area (Å²) in [5, 5.41) is 10.9. The van der Waals surface area contributed by atoms with E-state index in [2.05, 4.69) is 20.0 Å². The third-order valence-corrected chi connectivity index (χ3v) is 4.98. The summed E-state index contributed by atoms with van der Waals surface area (Å²) in [6.07, 6.45) is 3.58. The molecule has 1 aliphatic carbocycles. The molecule has 12 heteroatoms. The van der Waals surface area contributed by atoms with Gasteiger partial charge in [-0.1, -0.05) is 6.08 Å². The molecule has 3 aromatic rings. The number of pyridine rings is 1. The van der Waals surface area contributed by atoms with E-state index in [-0.39, 0.29) is 39.9 Å². The van der Waals surface area contributed by atoms with E-state index < -0.39 is 25.2 Å². The van der Waals surface area contributed by atoms with Gasteiger partial charge < -0.3 is 20.2 Å². The first kappa shape index (κ1) is 24.6. The zero-order chi connectivity index (χ0) is 25.8. The number of allylic oxidation sites excluding steroid dienone is 5. The predicted molar refractivity (Wildman–Crippen MR) is 125 cm³/mol. The normalized spacial score (nSPS) is 14.6. The number of nitrogens with one attached hydrogen (secondary N) is 2. The Morgan fingerprint density at radius 2 is 1.83 bits per heavy atom. The summed E-state index contributed by atoms with van der Waals surface area (Å²) in [5.74, 6) is -0.264. The molecule has 8 nitrogen and oxygen atoms in total. The molecular formula is C24H19F4N5O3. The van der Waals surface area contributed by atoms with Crippen LogP contribution in [0, 0.1) is 5.41 Å². The molecule has 1 aromatic carbocycles. The van der Waals surface area contributed by atoms with Crippen LogP contribution in [0.2, 0.25) is 0 Å². The predicted octanol–water partition coefficient (Wildman–Crippen LogP) is 4.10. The molecule has 4 rings (SSSR count). The molecule has 0 aliphatic heterocycles. The Morgan fingerprint density at radius 1 is 1.08 bits per heavy atom. The van der Waals surface area contributed by atoms with E-state index >= 15 is 0 Å². The molecule has 2 N–H and O–H groups in total. The van der Waals surface area contributed by atoms with Gasteiger partial charge in [-0.15, -0.1) is 0 Å². The maximum absolute atomic E-state index is 13.7. The molecule has 0 saturated heterocycles. The van der Waals surface area contributed by atoms with Gasteiger partial charge in [0.05, 0.1) is 11.4 Å². The van der Waals surface area contributed by atoms with Crippen LogP contribution < -0.4 is 20.3 Å². The molecule has 2 aromatic heterocycles. The topological polar surface area (TPSA) is 102 Å². The van der Waals surface area contributed by atoms with Gasteiger partial charge in [0.1, 0.15) is 17.0 Å². The summed E-state index contributed by atoms with van der Waals surface area (Å²) < 4.78 is 60.9. The van der Waals surface area contributed by atoms with E-state index in [1.807, 2.05) is 0 Å². The number of halogens is 4. The number of nitrogens with zero attached hydrogens (tertiary/aromatic N) is 3. The molecular weight excluding hydrogens is 482 g/mol. The summed E-state index contributed by atoms with van der Waals surface area (Å²) in [7, 11) is 1.67. The Bertz CT molecular complexity index is 1450. The van der Waals surface area contributed by atoms with Crippen molar-refractivity contribution >= 4 is 22.4 Å². The highest BCUT2D eigenvalue weighted by atomic mass is 19.3. The van der Waals surface area contributed by atoms with Crippen molar-refractivity contribution in [2.24, 2.45) is 0 Å². The summed E-state index contributed by atoms with van der Waals surface area (Å²) in [6, 6.07) is 8.09. The first-order chi connectivity index (χ1) is 17.3. The van der Waals surface area contributed by atoms with Crippen molar-refractivity contribution in [2.45, 2.75) is 13.0 Å². The maximum Gasteiger partial charge on any atom is 0.387 e. The van der Waals surface area contributed by atoms with E-state index in [4.69, 9.17) is 10.1 Å². The minimum atomic E-state index is -3.02. The molecule has 0 bridgehead atoms. The first-order valence-corrected chi connectivity index (χ1v) is 10.5. The Labute approximate surface area is 201 Å². The number of fused-ring (bicyclic) bond motifs is 1. The van der Waals surface area contributed by atoms with Gasteiger partial charge in [0.2, 0.25) is 5.88 Å². The van der Waals surface area contributed by atoms with Gasteiger partial charge in [-0.25, -0.2) is 13.8 Å². The number of rotatable bonds is 8. The lowest BCUT2D eigenvalue weighted by molar-refractivity contribution is -0.0498. The number of ether oxygens (including phenoxy) is 2. The minimum absolute atomic E-state index is 0.0113. The molecule has 0 unspecified atom stereocenters. The standard InChI is InChI=1S/C24H19F4N5O3/c1-30-11-14-10-13(2-7-17(14)29)21-23(34)33(15-3-5-16(6-4-15)36-24(27)28)22-18(31-21)8-9-20(32-22)35-12-19(25)26/h2-11,19,24,29-30H,12H2,1H3/b14-11-,29-17?. The molecule has 36 heavy (non-hydrogen) atoms. The highest BCUT2D eigenvalue weighted by molar-refractivity contribution is 6.12. The zero-order valence-corrected chi connectivity index (χ0v) is 18.7. The fraction of sp³-hybridized carbons (Fsp3) is 0.167. The first-order valence-electron chi connectivity index (χ1n) is 10.5. The van der Waals surface area contributed by atoms with Crippen LogP contribution in [0.25, 0.3) is 22.4 Å². The molecule has 0 atom stereocenters. The lowest BCUT2D eigenvalue weighted by Crippen LogP contribution is -2.25. The van der Waals surface area contributed by atoms with Crippen LogP contribution in [-0.2, 0) is 0 Å². The van der Waals surface area contributed by atoms with Crippen molar-refractivity contribution in [3.05, 3.63) is 82.4 Å². The Balaban J connectivity index is 1.91. The third kappa shape index (κ3) is 5.27. The average Bonchev–Trinajstić information content (AvgIpc) is 2.84. The van der Waals surface area contributed by atoms with Crippen molar-refractivity contribution in [1.82, 2.24) is 19.9 Å². The summed E-state index contributed by atoms with van der Waals surface area (Å²) in [4.78, 5) is 22.3. The number of aromatic nitrogens is 3. The smallest absolute Gasteiger partial charge is 0.387 e. The fourth-order valence-corrected chi connectivity index (χ4v) is 3.46. The Hall–Kier alpha value is -4.48. The monoisotopic (exact) mass is 501 g/mol. The Morgan fingerprint density at radius 3 is 2.50 bits per heavy atom. The second-order valence-corrected chi connectivity index (χ2v) is 7.40. The third-order valence-electron chi connectivity index (χ3n) is 4.98. The molecule has 0 spiro atoms. The minimum Gasteiger partial charge on any atom is -0.472 e. The quantitative estimate of drug-likeness (QED) is 0.451. The molecule has 0 radical (unpaired) electrons. The number of alkyl halides is 4. The van der Waals surface area contributed by atoms with Crippen molar-refractivity contribution in [3.8, 4) is 17.3 Å². The number of hydrogen-bond donors (Lipinski definition) is 2. The van der Waals surface area contributed by atoms with Gasteiger partial charge in [-0.3, -0.25) is 9.36 Å². The molecule has 1 aliphatic rings. The summed E-state index contributed by atoms with van der Waals surface area (Å²) in [6.45, 7) is -3.91. The van der Waals surface area contributed by atoms with Crippen LogP contribution >= 0.6 is 0 Å². The molecule has 0 fully saturated rings. The van der Waals surface area contributed by atoms with Gasteiger partial charge >= 0.3 is 6.61 Å². The second-order valence-electron chi connectivity index (χ2n) is 7.40. The maximum atomic E-state index is 13.7. The van der Waals surface area contributed by atoms with Gasteiger partial charge in [0, 0.05) is 30.5 Å². The van der Waals surface area contributed by atoms with Crippen LogP contribution in [0.4, 0.5) is 17.6 Å². The highest BCUT2D eigenvalue weighted by Crippen LogP contribution is 2.25. The van der Waals surface area contributed by atoms with Gasteiger partial charge in [-0.05, 0) is 42.5 Å². The lowest BCUT2D eigenvalue weighted by Gasteiger charge is -2.15. The molecule has 0 saturated carbocycles. The van der Waals surface area contributed by atoms with Gasteiger partial charge in [-0.2, -0.15) is 13.8 Å². The van der Waals surface area contributed by atoms with Gasteiger partial charge in [0.15, 0.2) is 12.3 Å². The summed E-state index contributed by atoms with van der Waals surface area (Å²) in [5.41, 5.74) is 1.09. The SMILES string of the molecule is CN/C=C1/C=C(c2nc3ccc(OCC(F)F)nc3n(-c3ccc(OC(F)F)cc3)c2=O)C=CC1=N. The van der Waals surface area contributed by atoms with Crippen LogP contribution in [0.1, 0.15) is 5.69 Å². The zero-order valence-electron chi connectivity index (χ0n) is 18.7. The largest absolute Gasteiger partial charge is 0.472 e. The van der Waals surface area contributed by atoms with Crippen LogP contribution in [0.15, 0.2) is 71.2 Å². The Kier molecular flexibility index (Phi) is 7.13. The van der Waals surface area contributed by atoms with Crippen LogP contribution in [-0.4, -0.2) is 46.9 Å². The van der Waals surface area contributed by atoms with Crippen molar-refractivity contribution in [2.75, 3.05) is 13.7 Å². The van der Waals surface area contributed by atoms with E-state index in [1.165, 1.54) is 47.0 Å². The van der Waals surface area contributed by atoms with Crippen molar-refractivity contribution < 1.29 is 27.0 Å². The highest BCUT2D eigenvalue weighted by Gasteiger charge is 2.19. The van der Waals surface area contributed by atoms with E-state index in [0.29, 0.717) is 11.1 Å². The lowest BCUT2D eigenvalue weighted by atomic mass is 9.99. The van der Waals surface area contributed by atoms with Crippen molar-refractivity contribution in [3.63, 3.8) is 0 Å². The molecule has 186 valence electrons. The summed E-state index contributed by atoms with van der Waals surface area (Å²) >= 11 is 0. The number of hydrogen-bond acceptors (Lipinski definition) is 7. The average molecular weight is 501 g/mol. The van der Waals surface area contributed by atoms with Crippen molar-refractivity contribution in [1.29, 1.82) is 5.41 Å². The molecule has 2 heterocycles. The van der Waals surface area contributed by atoms with Crippen LogP contribution in [0.3, 0.4) is 0 Å². The van der Waals surface area contributed by atoms with E-state index in [0.717, 1.165) is 0 Å². The van der Waals surface area contributed by atoms with Crippen LogP contribution in [0.5, 0.6) is 11.6 Å². The van der Waals surface area contributed by atoms with E-state index in [9.17, 15) is 22.4 Å².